The van der Waals surface area contributed by atoms with E-state index in [9.17, 15) is 19.5 Å². The van der Waals surface area contributed by atoms with Crippen LogP contribution in [0.1, 0.15) is 57.1 Å². The van der Waals surface area contributed by atoms with Gasteiger partial charge in [-0.05, 0) is 55.9 Å². The lowest BCUT2D eigenvalue weighted by atomic mass is 9.91. The van der Waals surface area contributed by atoms with E-state index in [4.69, 9.17) is 4.74 Å². The quantitative estimate of drug-likeness (QED) is 0.660. The van der Waals surface area contributed by atoms with E-state index in [0.29, 0.717) is 12.8 Å². The zero-order valence-corrected chi connectivity index (χ0v) is 19.9. The number of rotatable bonds is 6. The van der Waals surface area contributed by atoms with Crippen molar-refractivity contribution in [3.05, 3.63) is 59.7 Å². The number of benzene rings is 2. The highest BCUT2D eigenvalue weighted by atomic mass is 16.5. The van der Waals surface area contributed by atoms with Gasteiger partial charge in [0.2, 0.25) is 5.91 Å². The molecule has 7 nitrogen and oxygen atoms in total. The van der Waals surface area contributed by atoms with Gasteiger partial charge in [-0.2, -0.15) is 0 Å². The largest absolute Gasteiger partial charge is 0.481 e. The van der Waals surface area contributed by atoms with Crippen LogP contribution < -0.4 is 5.32 Å². The van der Waals surface area contributed by atoms with Crippen molar-refractivity contribution in [2.24, 2.45) is 5.92 Å². The third-order valence-electron chi connectivity index (χ3n) is 6.93. The number of alkyl carbamates (subject to hydrolysis) is 1. The maximum atomic E-state index is 13.0. The molecule has 0 aromatic heterocycles. The molecule has 0 bridgehead atoms. The van der Waals surface area contributed by atoms with Gasteiger partial charge in [0.25, 0.3) is 0 Å². The molecule has 1 saturated heterocycles. The fraction of sp³-hybridized carbons (Fsp3) is 0.444. The van der Waals surface area contributed by atoms with Crippen LogP contribution in [0.4, 0.5) is 4.79 Å². The summed E-state index contributed by atoms with van der Waals surface area (Å²) in [5.41, 5.74) is 3.76. The van der Waals surface area contributed by atoms with E-state index in [1.54, 1.807) is 18.7 Å². The van der Waals surface area contributed by atoms with Crippen molar-refractivity contribution in [1.82, 2.24) is 10.2 Å². The van der Waals surface area contributed by atoms with E-state index in [1.165, 1.54) is 0 Å². The van der Waals surface area contributed by atoms with Crippen molar-refractivity contribution < 1.29 is 24.2 Å². The van der Waals surface area contributed by atoms with Gasteiger partial charge in [0.05, 0.1) is 5.92 Å². The number of piperidine rings is 1. The number of carboxylic acid groups (broad SMARTS) is 1. The summed E-state index contributed by atoms with van der Waals surface area (Å²) < 4.78 is 5.62. The standard InChI is InChI=1S/C27H32N2O5/c1-17-12-13-18(25(31)32)15-29(17)24(30)14-27(2,3)28-26(33)34-16-23-21-10-6-4-8-19(21)20-9-5-7-11-22(20)23/h4-11,17-18,23H,12-16H2,1-3H3,(H,28,33)(H,31,32). The topological polar surface area (TPSA) is 95.9 Å². The second-order valence-corrected chi connectivity index (χ2v) is 10.0. The van der Waals surface area contributed by atoms with Crippen LogP contribution in [0.15, 0.2) is 48.5 Å². The molecule has 2 aliphatic rings. The van der Waals surface area contributed by atoms with E-state index in [1.807, 2.05) is 31.2 Å². The first-order valence-electron chi connectivity index (χ1n) is 11.8. The number of likely N-dealkylation sites (tertiary alicyclic amines) is 1. The maximum Gasteiger partial charge on any atom is 0.407 e. The minimum atomic E-state index is -0.874. The maximum absolute atomic E-state index is 13.0. The number of amides is 2. The van der Waals surface area contributed by atoms with Crippen LogP contribution in [0.2, 0.25) is 0 Å². The number of aliphatic carboxylic acids is 1. The molecule has 1 fully saturated rings. The molecule has 7 heteroatoms. The number of hydrogen-bond acceptors (Lipinski definition) is 4. The Morgan fingerprint density at radius 1 is 1.03 bits per heavy atom. The molecule has 4 rings (SSSR count). The first kappa shape index (κ1) is 23.8. The van der Waals surface area contributed by atoms with Crippen molar-refractivity contribution in [2.45, 2.75) is 57.5 Å². The predicted molar refractivity (Wildman–Crippen MR) is 128 cm³/mol. The molecule has 2 unspecified atom stereocenters. The van der Waals surface area contributed by atoms with Crippen LogP contribution >= 0.6 is 0 Å². The Morgan fingerprint density at radius 3 is 2.21 bits per heavy atom. The van der Waals surface area contributed by atoms with E-state index in [-0.39, 0.29) is 37.4 Å². The number of hydrogen-bond donors (Lipinski definition) is 2. The molecule has 0 radical (unpaired) electrons. The first-order valence-corrected chi connectivity index (χ1v) is 11.8. The van der Waals surface area contributed by atoms with E-state index in [0.717, 1.165) is 22.3 Å². The van der Waals surface area contributed by atoms with E-state index in [2.05, 4.69) is 29.6 Å². The summed E-state index contributed by atoms with van der Waals surface area (Å²) in [6.45, 7) is 5.89. The van der Waals surface area contributed by atoms with Gasteiger partial charge in [0.15, 0.2) is 0 Å². The number of carbonyl (C=O) groups excluding carboxylic acids is 2. The SMILES string of the molecule is CC1CCC(C(=O)O)CN1C(=O)CC(C)(C)NC(=O)OCC1c2ccccc2-c2ccccc21. The average Bonchev–Trinajstić information content (AvgIpc) is 3.11. The summed E-state index contributed by atoms with van der Waals surface area (Å²) in [6, 6.07) is 16.3. The van der Waals surface area contributed by atoms with Gasteiger partial charge in [-0.3, -0.25) is 9.59 Å². The monoisotopic (exact) mass is 464 g/mol. The Morgan fingerprint density at radius 2 is 1.62 bits per heavy atom. The molecular weight excluding hydrogens is 432 g/mol. The Kier molecular flexibility index (Phi) is 6.64. The predicted octanol–water partition coefficient (Wildman–Crippen LogP) is 4.41. The van der Waals surface area contributed by atoms with Crippen LogP contribution in [0.25, 0.3) is 11.1 Å². The van der Waals surface area contributed by atoms with Crippen LogP contribution in [0, 0.1) is 5.92 Å². The third kappa shape index (κ3) is 4.93. The zero-order valence-electron chi connectivity index (χ0n) is 19.9. The summed E-state index contributed by atoms with van der Waals surface area (Å²) >= 11 is 0. The van der Waals surface area contributed by atoms with Crippen molar-refractivity contribution in [2.75, 3.05) is 13.2 Å². The number of carboxylic acids is 1. The molecule has 2 aromatic rings. The number of nitrogens with zero attached hydrogens (tertiary/aromatic N) is 1. The third-order valence-corrected chi connectivity index (χ3v) is 6.93. The summed E-state index contributed by atoms with van der Waals surface area (Å²) in [4.78, 5) is 38.6. The fourth-order valence-electron chi connectivity index (χ4n) is 5.09. The highest BCUT2D eigenvalue weighted by Crippen LogP contribution is 2.44. The summed E-state index contributed by atoms with van der Waals surface area (Å²) in [5, 5.41) is 12.2. The lowest BCUT2D eigenvalue weighted by Crippen LogP contribution is -2.52. The van der Waals surface area contributed by atoms with Gasteiger partial charge >= 0.3 is 12.1 Å². The number of carbonyl (C=O) groups is 3. The van der Waals surface area contributed by atoms with Crippen LogP contribution in [0.3, 0.4) is 0 Å². The normalized spacial score (nSPS) is 19.8. The van der Waals surface area contributed by atoms with Crippen LogP contribution in [-0.4, -0.2) is 52.7 Å². The highest BCUT2D eigenvalue weighted by Gasteiger charge is 2.36. The number of fused-ring (bicyclic) bond motifs is 3. The molecule has 34 heavy (non-hydrogen) atoms. The van der Waals surface area contributed by atoms with Gasteiger partial charge < -0.3 is 20.1 Å². The molecular formula is C27H32N2O5. The van der Waals surface area contributed by atoms with E-state index >= 15 is 0 Å². The lowest BCUT2D eigenvalue weighted by molar-refractivity contribution is -0.147. The molecule has 0 saturated carbocycles. The number of ether oxygens (including phenoxy) is 1. The summed E-state index contributed by atoms with van der Waals surface area (Å²) in [5.74, 6) is -1.62. The Bertz CT molecular complexity index is 1050. The second kappa shape index (κ2) is 9.49. The van der Waals surface area contributed by atoms with Gasteiger partial charge in [-0.15, -0.1) is 0 Å². The molecule has 2 amide bonds. The Labute approximate surface area is 200 Å². The summed E-state index contributed by atoms with van der Waals surface area (Å²) in [7, 11) is 0. The van der Waals surface area contributed by atoms with Crippen LogP contribution in [-0.2, 0) is 14.3 Å². The van der Waals surface area contributed by atoms with Crippen molar-refractivity contribution >= 4 is 18.0 Å². The lowest BCUT2D eigenvalue weighted by Gasteiger charge is -2.38. The molecule has 2 N–H and O–H groups in total. The van der Waals surface area contributed by atoms with Gasteiger partial charge in [0, 0.05) is 30.5 Å². The van der Waals surface area contributed by atoms with Crippen LogP contribution in [0.5, 0.6) is 0 Å². The minimum absolute atomic E-state index is 0.0200. The molecule has 1 aliphatic carbocycles. The average molecular weight is 465 g/mol. The van der Waals surface area contributed by atoms with Gasteiger partial charge in [-0.1, -0.05) is 48.5 Å². The van der Waals surface area contributed by atoms with Gasteiger partial charge in [-0.25, -0.2) is 4.79 Å². The zero-order chi connectivity index (χ0) is 24.5. The van der Waals surface area contributed by atoms with Crippen molar-refractivity contribution in [3.8, 4) is 11.1 Å². The smallest absolute Gasteiger partial charge is 0.407 e. The molecule has 0 spiro atoms. The minimum Gasteiger partial charge on any atom is -0.481 e. The Hall–Kier alpha value is -3.35. The Balaban J connectivity index is 1.36. The molecule has 1 aliphatic heterocycles. The fourth-order valence-corrected chi connectivity index (χ4v) is 5.09. The number of nitrogens with one attached hydrogen (secondary N) is 1. The molecule has 1 heterocycles. The molecule has 180 valence electrons. The summed E-state index contributed by atoms with van der Waals surface area (Å²) in [6.07, 6.45) is 0.716. The molecule has 2 aromatic carbocycles. The van der Waals surface area contributed by atoms with Crippen molar-refractivity contribution in [3.63, 3.8) is 0 Å². The van der Waals surface area contributed by atoms with E-state index < -0.39 is 23.5 Å². The highest BCUT2D eigenvalue weighted by molar-refractivity contribution is 5.81. The van der Waals surface area contributed by atoms with Gasteiger partial charge in [0.1, 0.15) is 6.61 Å². The van der Waals surface area contributed by atoms with Crippen molar-refractivity contribution in [1.29, 1.82) is 0 Å². The second-order valence-electron chi connectivity index (χ2n) is 10.0. The molecule has 2 atom stereocenters. The first-order chi connectivity index (χ1) is 16.2.